The Labute approximate surface area is 171 Å². The molecule has 146 valence electrons. The second-order valence-electron chi connectivity index (χ2n) is 6.47. The Balaban J connectivity index is 1.47. The SMILES string of the molecule is COc1ccc(-c2cccc(Oc3ccc(Cc4sc(=O)[nH]c4O)cc3)c2)cc1. The summed E-state index contributed by atoms with van der Waals surface area (Å²) in [4.78, 5) is 14.0. The molecule has 3 aromatic carbocycles. The number of aromatic amines is 1. The fourth-order valence-electron chi connectivity index (χ4n) is 2.99. The average molecular weight is 405 g/mol. The van der Waals surface area contributed by atoms with E-state index in [0.717, 1.165) is 39.5 Å². The van der Waals surface area contributed by atoms with Gasteiger partial charge in [-0.2, -0.15) is 0 Å². The first-order valence-electron chi connectivity index (χ1n) is 9.03. The Hall–Kier alpha value is -3.51. The molecule has 0 unspecified atom stereocenters. The molecule has 4 rings (SSSR count). The predicted molar refractivity (Wildman–Crippen MR) is 114 cm³/mol. The van der Waals surface area contributed by atoms with E-state index in [1.165, 1.54) is 0 Å². The lowest BCUT2D eigenvalue weighted by Gasteiger charge is -2.09. The molecule has 0 radical (unpaired) electrons. The molecule has 0 bridgehead atoms. The summed E-state index contributed by atoms with van der Waals surface area (Å²) in [5.74, 6) is 2.22. The number of hydrogen-bond donors (Lipinski definition) is 2. The van der Waals surface area contributed by atoms with Gasteiger partial charge in [0.1, 0.15) is 17.2 Å². The van der Waals surface area contributed by atoms with Crippen LogP contribution in [0.2, 0.25) is 0 Å². The number of ether oxygens (including phenoxy) is 2. The third-order valence-electron chi connectivity index (χ3n) is 4.48. The Kier molecular flexibility index (Phi) is 5.35. The summed E-state index contributed by atoms with van der Waals surface area (Å²) in [6.07, 6.45) is 0.489. The van der Waals surface area contributed by atoms with E-state index in [1.807, 2.05) is 72.8 Å². The minimum Gasteiger partial charge on any atom is -0.497 e. The molecule has 2 N–H and O–H groups in total. The highest BCUT2D eigenvalue weighted by atomic mass is 32.1. The normalized spacial score (nSPS) is 10.7. The van der Waals surface area contributed by atoms with Crippen LogP contribution in [-0.4, -0.2) is 17.2 Å². The van der Waals surface area contributed by atoms with E-state index in [9.17, 15) is 9.90 Å². The van der Waals surface area contributed by atoms with Crippen LogP contribution in [0.4, 0.5) is 0 Å². The standard InChI is InChI=1S/C23H19NO4S/c1-27-18-11-7-16(8-12-18)17-3-2-4-20(14-17)28-19-9-5-15(6-10-19)13-21-22(25)24-23(26)29-21/h2-12,14,25H,13H2,1H3,(H,24,26). The van der Waals surface area contributed by atoms with E-state index >= 15 is 0 Å². The predicted octanol–water partition coefficient (Wildman–Crippen LogP) is 5.20. The summed E-state index contributed by atoms with van der Waals surface area (Å²) in [7, 11) is 1.65. The number of aromatic hydroxyl groups is 1. The number of thiazole rings is 1. The summed E-state index contributed by atoms with van der Waals surface area (Å²) in [5, 5.41) is 9.71. The topological polar surface area (TPSA) is 71.5 Å². The number of aromatic nitrogens is 1. The van der Waals surface area contributed by atoms with Gasteiger partial charge < -0.3 is 14.6 Å². The van der Waals surface area contributed by atoms with Crippen molar-refractivity contribution in [2.45, 2.75) is 6.42 Å². The summed E-state index contributed by atoms with van der Waals surface area (Å²) in [5.41, 5.74) is 3.12. The van der Waals surface area contributed by atoms with Gasteiger partial charge in [-0.15, -0.1) is 0 Å². The molecule has 0 atom stereocenters. The van der Waals surface area contributed by atoms with Crippen molar-refractivity contribution in [3.05, 3.63) is 92.9 Å². The third-order valence-corrected chi connectivity index (χ3v) is 5.35. The van der Waals surface area contributed by atoms with Crippen molar-refractivity contribution in [3.63, 3.8) is 0 Å². The molecule has 29 heavy (non-hydrogen) atoms. The molecule has 0 aliphatic rings. The fraction of sp³-hybridized carbons (Fsp3) is 0.0870. The second-order valence-corrected chi connectivity index (χ2v) is 7.53. The molecule has 0 saturated heterocycles. The highest BCUT2D eigenvalue weighted by Gasteiger charge is 2.08. The van der Waals surface area contributed by atoms with Crippen molar-refractivity contribution >= 4 is 11.3 Å². The maximum atomic E-state index is 11.3. The van der Waals surface area contributed by atoms with Crippen LogP contribution in [0, 0.1) is 0 Å². The molecule has 4 aromatic rings. The van der Waals surface area contributed by atoms with Crippen LogP contribution in [0.3, 0.4) is 0 Å². The first-order chi connectivity index (χ1) is 14.1. The van der Waals surface area contributed by atoms with Gasteiger partial charge in [0.05, 0.1) is 12.0 Å². The summed E-state index contributed by atoms with van der Waals surface area (Å²) < 4.78 is 11.2. The maximum Gasteiger partial charge on any atom is 0.307 e. The van der Waals surface area contributed by atoms with E-state index in [1.54, 1.807) is 7.11 Å². The zero-order valence-corrected chi connectivity index (χ0v) is 16.5. The van der Waals surface area contributed by atoms with Crippen LogP contribution in [0.1, 0.15) is 10.4 Å². The van der Waals surface area contributed by atoms with Crippen LogP contribution in [-0.2, 0) is 6.42 Å². The number of nitrogens with one attached hydrogen (secondary N) is 1. The van der Waals surface area contributed by atoms with Gasteiger partial charge in [-0.05, 0) is 53.1 Å². The number of rotatable bonds is 6. The van der Waals surface area contributed by atoms with Crippen LogP contribution in [0.15, 0.2) is 77.6 Å². The van der Waals surface area contributed by atoms with Crippen molar-refractivity contribution in [1.82, 2.24) is 4.98 Å². The van der Waals surface area contributed by atoms with E-state index in [-0.39, 0.29) is 10.8 Å². The minimum absolute atomic E-state index is 0.0596. The number of hydrogen-bond acceptors (Lipinski definition) is 5. The molecular formula is C23H19NO4S. The van der Waals surface area contributed by atoms with Gasteiger partial charge >= 0.3 is 4.87 Å². The lowest BCUT2D eigenvalue weighted by molar-refractivity contribution is 0.415. The zero-order chi connectivity index (χ0) is 20.2. The van der Waals surface area contributed by atoms with Gasteiger partial charge in [0, 0.05) is 6.42 Å². The van der Waals surface area contributed by atoms with Gasteiger partial charge in [-0.25, -0.2) is 0 Å². The van der Waals surface area contributed by atoms with E-state index < -0.39 is 0 Å². The van der Waals surface area contributed by atoms with Gasteiger partial charge in [0.15, 0.2) is 0 Å². The van der Waals surface area contributed by atoms with Crippen LogP contribution >= 0.6 is 11.3 Å². The van der Waals surface area contributed by atoms with Gasteiger partial charge in [0.2, 0.25) is 5.88 Å². The quantitative estimate of drug-likeness (QED) is 0.462. The Morgan fingerprint density at radius 3 is 2.28 bits per heavy atom. The third kappa shape index (κ3) is 4.50. The maximum absolute atomic E-state index is 11.3. The number of benzene rings is 3. The fourth-order valence-corrected chi connectivity index (χ4v) is 3.75. The molecule has 0 fully saturated rings. The second kappa shape index (κ2) is 8.24. The molecule has 0 saturated carbocycles. The average Bonchev–Trinajstić information content (AvgIpc) is 3.06. The molecule has 5 nitrogen and oxygen atoms in total. The van der Waals surface area contributed by atoms with Crippen molar-refractivity contribution in [2.75, 3.05) is 7.11 Å². The lowest BCUT2D eigenvalue weighted by atomic mass is 10.1. The van der Waals surface area contributed by atoms with Crippen molar-refractivity contribution in [1.29, 1.82) is 0 Å². The molecule has 0 amide bonds. The molecule has 1 aromatic heterocycles. The van der Waals surface area contributed by atoms with Crippen molar-refractivity contribution in [2.24, 2.45) is 0 Å². The largest absolute Gasteiger partial charge is 0.497 e. The van der Waals surface area contributed by atoms with Crippen LogP contribution in [0.25, 0.3) is 11.1 Å². The minimum atomic E-state index is -0.255. The summed E-state index contributed by atoms with van der Waals surface area (Å²) in [6, 6.07) is 23.4. The molecule has 0 aliphatic carbocycles. The smallest absolute Gasteiger partial charge is 0.307 e. The Bertz CT molecular complexity index is 1160. The van der Waals surface area contributed by atoms with E-state index in [0.29, 0.717) is 17.0 Å². The summed E-state index contributed by atoms with van der Waals surface area (Å²) >= 11 is 1.02. The highest BCUT2D eigenvalue weighted by molar-refractivity contribution is 7.09. The first kappa shape index (κ1) is 18.8. The Morgan fingerprint density at radius 2 is 1.62 bits per heavy atom. The molecule has 6 heteroatoms. The summed E-state index contributed by atoms with van der Waals surface area (Å²) in [6.45, 7) is 0. The molecular weight excluding hydrogens is 386 g/mol. The Morgan fingerprint density at radius 1 is 0.897 bits per heavy atom. The number of H-pyrrole nitrogens is 1. The molecule has 0 aliphatic heterocycles. The first-order valence-corrected chi connectivity index (χ1v) is 9.84. The zero-order valence-electron chi connectivity index (χ0n) is 15.7. The van der Waals surface area contributed by atoms with Gasteiger partial charge in [0.25, 0.3) is 0 Å². The van der Waals surface area contributed by atoms with Gasteiger partial charge in [-0.1, -0.05) is 47.7 Å². The van der Waals surface area contributed by atoms with E-state index in [4.69, 9.17) is 9.47 Å². The lowest BCUT2D eigenvalue weighted by Crippen LogP contribution is -1.89. The highest BCUT2D eigenvalue weighted by Crippen LogP contribution is 2.29. The van der Waals surface area contributed by atoms with Crippen LogP contribution in [0.5, 0.6) is 23.1 Å². The van der Waals surface area contributed by atoms with Crippen molar-refractivity contribution < 1.29 is 14.6 Å². The van der Waals surface area contributed by atoms with Gasteiger partial charge in [-0.3, -0.25) is 9.78 Å². The van der Waals surface area contributed by atoms with E-state index in [2.05, 4.69) is 4.98 Å². The van der Waals surface area contributed by atoms with Crippen molar-refractivity contribution in [3.8, 4) is 34.3 Å². The molecule has 1 heterocycles. The monoisotopic (exact) mass is 405 g/mol. The number of methoxy groups -OCH3 is 1. The van der Waals surface area contributed by atoms with Crippen LogP contribution < -0.4 is 14.3 Å². The molecule has 0 spiro atoms.